The van der Waals surface area contributed by atoms with E-state index in [0.717, 1.165) is 39.4 Å². The summed E-state index contributed by atoms with van der Waals surface area (Å²) in [7, 11) is 3.32. The van der Waals surface area contributed by atoms with Crippen LogP contribution in [0.15, 0.2) is 66.7 Å². The predicted molar refractivity (Wildman–Crippen MR) is 124 cm³/mol. The number of methoxy groups -OCH3 is 2. The number of carbonyl (C=O) groups is 1. The van der Waals surface area contributed by atoms with Crippen LogP contribution in [0, 0.1) is 6.92 Å². The van der Waals surface area contributed by atoms with Gasteiger partial charge in [-0.2, -0.15) is 0 Å². The van der Waals surface area contributed by atoms with Gasteiger partial charge < -0.3 is 19.8 Å². The first-order valence-corrected chi connectivity index (χ1v) is 10.2. The summed E-state index contributed by atoms with van der Waals surface area (Å²) in [6, 6.07) is 22.3. The van der Waals surface area contributed by atoms with Crippen molar-refractivity contribution in [3.63, 3.8) is 0 Å². The van der Waals surface area contributed by atoms with Crippen molar-refractivity contribution in [2.45, 2.75) is 19.9 Å². The van der Waals surface area contributed by atoms with Crippen molar-refractivity contribution in [2.24, 2.45) is 5.73 Å². The summed E-state index contributed by atoms with van der Waals surface area (Å²) >= 11 is 0. The first-order valence-electron chi connectivity index (χ1n) is 10.2. The van der Waals surface area contributed by atoms with Crippen LogP contribution in [0.25, 0.3) is 22.0 Å². The summed E-state index contributed by atoms with van der Waals surface area (Å²) in [5.74, 6) is 1.18. The van der Waals surface area contributed by atoms with Crippen LogP contribution in [0.3, 0.4) is 0 Å². The van der Waals surface area contributed by atoms with Crippen molar-refractivity contribution in [1.29, 1.82) is 0 Å². The summed E-state index contributed by atoms with van der Waals surface area (Å²) in [6.07, 6.45) is 0.717. The Balaban J connectivity index is 1.76. The monoisotopic (exact) mass is 414 g/mol. The van der Waals surface area contributed by atoms with Gasteiger partial charge in [-0.05, 0) is 65.6 Å². The Labute approximate surface area is 182 Å². The second-order valence-electron chi connectivity index (χ2n) is 7.53. The van der Waals surface area contributed by atoms with Crippen molar-refractivity contribution in [2.75, 3.05) is 14.2 Å². The van der Waals surface area contributed by atoms with Gasteiger partial charge in [-0.3, -0.25) is 4.79 Å². The molecule has 158 valence electrons. The number of aryl methyl sites for hydroxylation is 1. The summed E-state index contributed by atoms with van der Waals surface area (Å²) in [6.45, 7) is 2.61. The summed E-state index contributed by atoms with van der Waals surface area (Å²) in [5, 5.41) is 2.33. The molecule has 0 saturated carbocycles. The number of amides is 1. The molecule has 0 aliphatic rings. The van der Waals surface area contributed by atoms with Crippen LogP contribution in [0.1, 0.15) is 21.6 Å². The molecule has 0 unspecified atom stereocenters. The minimum absolute atomic E-state index is 0.419. The standard InChI is InChI=1S/C26H26N2O3/c1-17-23(26(27)29)16-24(20-9-8-18-6-4-5-7-19(18)14-20)28(17)13-12-21-15-22(30-2)10-11-25(21)31-3/h4-11,14-16H,12-13H2,1-3H3,(H2,27,29). The second-order valence-corrected chi connectivity index (χ2v) is 7.53. The van der Waals surface area contributed by atoms with E-state index in [1.165, 1.54) is 5.39 Å². The molecule has 0 spiro atoms. The lowest BCUT2D eigenvalue weighted by molar-refractivity contribution is 0.0999. The average molecular weight is 415 g/mol. The van der Waals surface area contributed by atoms with Gasteiger partial charge in [-0.15, -0.1) is 0 Å². The lowest BCUT2D eigenvalue weighted by Gasteiger charge is -2.15. The zero-order chi connectivity index (χ0) is 22.0. The number of hydrogen-bond acceptors (Lipinski definition) is 3. The normalized spacial score (nSPS) is 10.9. The Hall–Kier alpha value is -3.73. The first kappa shape index (κ1) is 20.5. The minimum atomic E-state index is -0.419. The fourth-order valence-electron chi connectivity index (χ4n) is 4.08. The van der Waals surface area contributed by atoms with E-state index in [0.29, 0.717) is 18.5 Å². The van der Waals surface area contributed by atoms with Gasteiger partial charge in [-0.25, -0.2) is 0 Å². The third kappa shape index (κ3) is 3.99. The minimum Gasteiger partial charge on any atom is -0.497 e. The number of primary amides is 1. The number of hydrogen-bond donors (Lipinski definition) is 1. The van der Waals surface area contributed by atoms with Crippen LogP contribution in [0.4, 0.5) is 0 Å². The average Bonchev–Trinajstić information content (AvgIpc) is 3.13. The van der Waals surface area contributed by atoms with Crippen molar-refractivity contribution in [3.8, 4) is 22.8 Å². The maximum absolute atomic E-state index is 12.1. The van der Waals surface area contributed by atoms with Gasteiger partial charge in [0.25, 0.3) is 5.91 Å². The van der Waals surface area contributed by atoms with Gasteiger partial charge in [0, 0.05) is 17.9 Å². The lowest BCUT2D eigenvalue weighted by atomic mass is 10.0. The van der Waals surface area contributed by atoms with E-state index >= 15 is 0 Å². The third-order valence-electron chi connectivity index (χ3n) is 5.77. The Bertz CT molecular complexity index is 1260. The van der Waals surface area contributed by atoms with E-state index in [1.54, 1.807) is 14.2 Å². The van der Waals surface area contributed by atoms with E-state index in [1.807, 2.05) is 43.3 Å². The number of rotatable bonds is 7. The molecule has 2 N–H and O–H groups in total. The van der Waals surface area contributed by atoms with Crippen LogP contribution in [0.5, 0.6) is 11.5 Å². The highest BCUT2D eigenvalue weighted by Crippen LogP contribution is 2.30. The van der Waals surface area contributed by atoms with Crippen molar-refractivity contribution in [1.82, 2.24) is 4.57 Å². The highest BCUT2D eigenvalue weighted by Gasteiger charge is 2.17. The number of carbonyl (C=O) groups excluding carboxylic acids is 1. The van der Waals surface area contributed by atoms with Crippen LogP contribution in [-0.2, 0) is 13.0 Å². The molecular formula is C26H26N2O3. The molecule has 3 aromatic carbocycles. The Kier molecular flexibility index (Phi) is 5.67. The molecule has 0 aliphatic heterocycles. The van der Waals surface area contributed by atoms with Crippen LogP contribution in [0.2, 0.25) is 0 Å². The summed E-state index contributed by atoms with van der Waals surface area (Å²) < 4.78 is 13.1. The molecule has 5 nitrogen and oxygen atoms in total. The first-order chi connectivity index (χ1) is 15.0. The topological polar surface area (TPSA) is 66.5 Å². The maximum Gasteiger partial charge on any atom is 0.250 e. The molecule has 4 aromatic rings. The Morgan fingerprint density at radius 3 is 2.42 bits per heavy atom. The van der Waals surface area contributed by atoms with Gasteiger partial charge in [0.2, 0.25) is 0 Å². The number of fused-ring (bicyclic) bond motifs is 1. The van der Waals surface area contributed by atoms with Crippen LogP contribution < -0.4 is 15.2 Å². The van der Waals surface area contributed by atoms with Gasteiger partial charge >= 0.3 is 0 Å². The highest BCUT2D eigenvalue weighted by atomic mass is 16.5. The molecule has 1 heterocycles. The van der Waals surface area contributed by atoms with E-state index in [2.05, 4.69) is 34.9 Å². The molecule has 1 aromatic heterocycles. The molecule has 0 saturated heterocycles. The zero-order valence-electron chi connectivity index (χ0n) is 18.0. The van der Waals surface area contributed by atoms with Gasteiger partial charge in [-0.1, -0.05) is 36.4 Å². The number of nitrogens with two attached hydrogens (primary N) is 1. The van der Waals surface area contributed by atoms with Crippen molar-refractivity contribution >= 4 is 16.7 Å². The zero-order valence-corrected chi connectivity index (χ0v) is 18.0. The van der Waals surface area contributed by atoms with Crippen molar-refractivity contribution < 1.29 is 14.3 Å². The van der Waals surface area contributed by atoms with Gasteiger partial charge in [0.05, 0.1) is 19.8 Å². The van der Waals surface area contributed by atoms with E-state index < -0.39 is 5.91 Å². The number of aromatic nitrogens is 1. The molecule has 0 fully saturated rings. The highest BCUT2D eigenvalue weighted by molar-refractivity contribution is 5.96. The molecule has 0 bridgehead atoms. The predicted octanol–water partition coefficient (Wildman–Crippen LogP) is 4.98. The number of benzene rings is 3. The lowest BCUT2D eigenvalue weighted by Crippen LogP contribution is -2.13. The smallest absolute Gasteiger partial charge is 0.250 e. The summed E-state index contributed by atoms with van der Waals surface area (Å²) in [4.78, 5) is 12.1. The fraction of sp³-hybridized carbons (Fsp3) is 0.192. The number of ether oxygens (including phenoxy) is 2. The molecular weight excluding hydrogens is 388 g/mol. The van der Waals surface area contributed by atoms with Gasteiger partial charge in [0.1, 0.15) is 11.5 Å². The van der Waals surface area contributed by atoms with E-state index in [4.69, 9.17) is 15.2 Å². The third-order valence-corrected chi connectivity index (χ3v) is 5.77. The van der Waals surface area contributed by atoms with Crippen molar-refractivity contribution in [3.05, 3.63) is 83.6 Å². The molecule has 31 heavy (non-hydrogen) atoms. The molecule has 0 radical (unpaired) electrons. The van der Waals surface area contributed by atoms with Crippen LogP contribution >= 0.6 is 0 Å². The molecule has 0 atom stereocenters. The molecule has 1 amide bonds. The second kappa shape index (κ2) is 8.56. The largest absolute Gasteiger partial charge is 0.497 e. The fourth-order valence-corrected chi connectivity index (χ4v) is 4.08. The maximum atomic E-state index is 12.1. The summed E-state index contributed by atoms with van der Waals surface area (Å²) in [5.41, 5.74) is 10.1. The van der Waals surface area contributed by atoms with Crippen LogP contribution in [-0.4, -0.2) is 24.7 Å². The van der Waals surface area contributed by atoms with E-state index in [9.17, 15) is 4.79 Å². The Morgan fingerprint density at radius 1 is 0.935 bits per heavy atom. The van der Waals surface area contributed by atoms with E-state index in [-0.39, 0.29) is 0 Å². The molecule has 4 rings (SSSR count). The number of nitrogens with zero attached hydrogens (tertiary/aromatic N) is 1. The molecule has 5 heteroatoms. The quantitative estimate of drug-likeness (QED) is 0.464. The van der Waals surface area contributed by atoms with Gasteiger partial charge in [0.15, 0.2) is 0 Å². The molecule has 0 aliphatic carbocycles. The SMILES string of the molecule is COc1ccc(OC)c(CCn2c(-c3ccc4ccccc4c3)cc(C(N)=O)c2C)c1. The Morgan fingerprint density at radius 2 is 1.71 bits per heavy atom.